The van der Waals surface area contributed by atoms with Crippen LogP contribution in [0.4, 0.5) is 0 Å². The van der Waals surface area contributed by atoms with Crippen LogP contribution in [0.5, 0.6) is 5.75 Å². The molecule has 2 rings (SSSR count). The van der Waals surface area contributed by atoms with Gasteiger partial charge >= 0.3 is 0 Å². The summed E-state index contributed by atoms with van der Waals surface area (Å²) in [5, 5.41) is 0. The molecule has 0 spiro atoms. The van der Waals surface area contributed by atoms with Crippen LogP contribution in [0.15, 0.2) is 23.8 Å². The van der Waals surface area contributed by atoms with Gasteiger partial charge in [-0.15, -0.1) is 23.5 Å². The predicted octanol–water partition coefficient (Wildman–Crippen LogP) is 5.00. The van der Waals surface area contributed by atoms with Crippen LogP contribution in [0.2, 0.25) is 0 Å². The van der Waals surface area contributed by atoms with Crippen LogP contribution in [0.1, 0.15) is 30.0 Å². The first kappa shape index (κ1) is 15.8. The van der Waals surface area contributed by atoms with Crippen LogP contribution in [0.25, 0.3) is 0 Å². The van der Waals surface area contributed by atoms with Gasteiger partial charge in [0.25, 0.3) is 0 Å². The Labute approximate surface area is 131 Å². The molecule has 1 aliphatic rings. The van der Waals surface area contributed by atoms with E-state index < -0.39 is 0 Å². The minimum Gasteiger partial charge on any atom is -0.496 e. The van der Waals surface area contributed by atoms with Crippen molar-refractivity contribution < 1.29 is 4.74 Å². The maximum atomic E-state index is 5.38. The van der Waals surface area contributed by atoms with Gasteiger partial charge in [-0.3, -0.25) is 0 Å². The third kappa shape index (κ3) is 3.76. The van der Waals surface area contributed by atoms with Gasteiger partial charge in [0.15, 0.2) is 0 Å². The standard InChI is InChI=1S/C17H24OS2/c1-12(17-19-10-5-11-20-17)6-7-15-8-9-16(18-4)14(3)13(15)2/h6,8-9,17H,5,7,10-11H2,1-4H3/b12-6+. The molecule has 0 radical (unpaired) electrons. The molecule has 0 amide bonds. The number of allylic oxidation sites excluding steroid dienone is 1. The van der Waals surface area contributed by atoms with E-state index >= 15 is 0 Å². The van der Waals surface area contributed by atoms with Gasteiger partial charge in [0.2, 0.25) is 0 Å². The van der Waals surface area contributed by atoms with E-state index in [1.807, 2.05) is 0 Å². The number of methoxy groups -OCH3 is 1. The Bertz CT molecular complexity index is 488. The molecule has 20 heavy (non-hydrogen) atoms. The summed E-state index contributed by atoms with van der Waals surface area (Å²) in [6.45, 7) is 6.61. The normalized spacial score (nSPS) is 17.3. The van der Waals surface area contributed by atoms with Crippen LogP contribution in [-0.4, -0.2) is 23.2 Å². The Morgan fingerprint density at radius 1 is 1.25 bits per heavy atom. The second kappa shape index (κ2) is 7.46. The van der Waals surface area contributed by atoms with Crippen molar-refractivity contribution in [3.8, 4) is 5.75 Å². The third-order valence-corrected chi connectivity index (χ3v) is 7.13. The minimum absolute atomic E-state index is 0.670. The zero-order chi connectivity index (χ0) is 14.5. The smallest absolute Gasteiger partial charge is 0.122 e. The fraction of sp³-hybridized carbons (Fsp3) is 0.529. The van der Waals surface area contributed by atoms with Gasteiger partial charge in [-0.25, -0.2) is 0 Å². The van der Waals surface area contributed by atoms with Crippen LogP contribution >= 0.6 is 23.5 Å². The number of rotatable bonds is 4. The van der Waals surface area contributed by atoms with Crippen molar-refractivity contribution in [2.24, 2.45) is 0 Å². The molecule has 110 valence electrons. The van der Waals surface area contributed by atoms with Gasteiger partial charge in [-0.05, 0) is 67.9 Å². The van der Waals surface area contributed by atoms with Gasteiger partial charge in [-0.2, -0.15) is 0 Å². The molecule has 0 bridgehead atoms. The number of thioether (sulfide) groups is 2. The summed E-state index contributed by atoms with van der Waals surface area (Å²) >= 11 is 4.19. The molecule has 0 atom stereocenters. The first-order valence-corrected chi connectivity index (χ1v) is 9.26. The Hall–Kier alpha value is -0.540. The van der Waals surface area contributed by atoms with E-state index in [4.69, 9.17) is 4.74 Å². The van der Waals surface area contributed by atoms with Crippen molar-refractivity contribution >= 4 is 23.5 Å². The van der Waals surface area contributed by atoms with Crippen molar-refractivity contribution in [2.45, 2.75) is 38.2 Å². The van der Waals surface area contributed by atoms with Crippen molar-refractivity contribution in [1.82, 2.24) is 0 Å². The molecule has 1 heterocycles. The largest absolute Gasteiger partial charge is 0.496 e. The quantitative estimate of drug-likeness (QED) is 0.725. The zero-order valence-electron chi connectivity index (χ0n) is 12.9. The number of ether oxygens (including phenoxy) is 1. The highest BCUT2D eigenvalue weighted by Crippen LogP contribution is 2.35. The van der Waals surface area contributed by atoms with Crippen molar-refractivity contribution in [3.05, 3.63) is 40.5 Å². The molecule has 0 unspecified atom stereocenters. The van der Waals surface area contributed by atoms with Gasteiger partial charge in [0, 0.05) is 0 Å². The van der Waals surface area contributed by atoms with E-state index in [0.717, 1.165) is 12.2 Å². The summed E-state index contributed by atoms with van der Waals surface area (Å²) in [5.41, 5.74) is 5.55. The average molecular weight is 309 g/mol. The lowest BCUT2D eigenvalue weighted by atomic mass is 9.99. The molecular weight excluding hydrogens is 284 g/mol. The molecule has 0 aliphatic carbocycles. The Morgan fingerprint density at radius 3 is 2.60 bits per heavy atom. The maximum absolute atomic E-state index is 5.38. The lowest BCUT2D eigenvalue weighted by molar-refractivity contribution is 0.411. The topological polar surface area (TPSA) is 9.23 Å². The minimum atomic E-state index is 0.670. The van der Waals surface area contributed by atoms with Gasteiger partial charge in [0.05, 0.1) is 11.7 Å². The highest BCUT2D eigenvalue weighted by atomic mass is 32.2. The summed E-state index contributed by atoms with van der Waals surface area (Å²) in [5.74, 6) is 3.61. The van der Waals surface area contributed by atoms with Gasteiger partial charge in [0.1, 0.15) is 5.75 Å². The van der Waals surface area contributed by atoms with Crippen LogP contribution < -0.4 is 4.74 Å². The van der Waals surface area contributed by atoms with Crippen LogP contribution in [0, 0.1) is 13.8 Å². The van der Waals surface area contributed by atoms with E-state index in [-0.39, 0.29) is 0 Å². The van der Waals surface area contributed by atoms with Crippen LogP contribution in [0.3, 0.4) is 0 Å². The molecule has 0 aromatic heterocycles. The molecule has 1 nitrogen and oxygen atoms in total. The van der Waals surface area contributed by atoms with Crippen molar-refractivity contribution in [1.29, 1.82) is 0 Å². The fourth-order valence-electron chi connectivity index (χ4n) is 2.41. The third-order valence-electron chi connectivity index (χ3n) is 3.91. The molecular formula is C17H24OS2. The highest BCUT2D eigenvalue weighted by Gasteiger charge is 2.15. The zero-order valence-corrected chi connectivity index (χ0v) is 14.5. The summed E-state index contributed by atoms with van der Waals surface area (Å²) in [7, 11) is 1.74. The number of benzene rings is 1. The van der Waals surface area contributed by atoms with E-state index in [2.05, 4.69) is 62.5 Å². The predicted molar refractivity (Wildman–Crippen MR) is 93.3 cm³/mol. The molecule has 0 saturated carbocycles. The highest BCUT2D eigenvalue weighted by molar-refractivity contribution is 8.17. The lowest BCUT2D eigenvalue weighted by Gasteiger charge is -2.21. The van der Waals surface area contributed by atoms with Crippen molar-refractivity contribution in [3.63, 3.8) is 0 Å². The van der Waals surface area contributed by atoms with E-state index in [1.165, 1.54) is 40.2 Å². The maximum Gasteiger partial charge on any atom is 0.122 e. The average Bonchev–Trinajstić information content (AvgIpc) is 2.49. The molecule has 1 aromatic rings. The second-order valence-electron chi connectivity index (χ2n) is 5.26. The molecule has 1 fully saturated rings. The first-order chi connectivity index (χ1) is 9.63. The van der Waals surface area contributed by atoms with E-state index in [1.54, 1.807) is 7.11 Å². The SMILES string of the molecule is COc1ccc(C/C=C(\C)C2SCCCS2)c(C)c1C. The Kier molecular flexibility index (Phi) is 5.91. The summed E-state index contributed by atoms with van der Waals surface area (Å²) < 4.78 is 6.05. The van der Waals surface area contributed by atoms with E-state index in [0.29, 0.717) is 4.58 Å². The summed E-state index contributed by atoms with van der Waals surface area (Å²) in [6, 6.07) is 4.29. The van der Waals surface area contributed by atoms with Gasteiger partial charge < -0.3 is 4.74 Å². The Morgan fingerprint density at radius 2 is 1.95 bits per heavy atom. The second-order valence-corrected chi connectivity index (χ2v) is 7.98. The number of hydrogen-bond donors (Lipinski definition) is 0. The molecule has 0 N–H and O–H groups in total. The summed E-state index contributed by atoms with van der Waals surface area (Å²) in [6.07, 6.45) is 4.79. The monoisotopic (exact) mass is 308 g/mol. The van der Waals surface area contributed by atoms with Crippen molar-refractivity contribution in [2.75, 3.05) is 18.6 Å². The van der Waals surface area contributed by atoms with Crippen LogP contribution in [-0.2, 0) is 6.42 Å². The molecule has 1 saturated heterocycles. The molecule has 3 heteroatoms. The lowest BCUT2D eigenvalue weighted by Crippen LogP contribution is -2.08. The van der Waals surface area contributed by atoms with Gasteiger partial charge in [-0.1, -0.05) is 17.7 Å². The first-order valence-electron chi connectivity index (χ1n) is 7.16. The molecule has 1 aromatic carbocycles. The number of hydrogen-bond acceptors (Lipinski definition) is 3. The molecule has 1 aliphatic heterocycles. The van der Waals surface area contributed by atoms with E-state index in [9.17, 15) is 0 Å². The Balaban J connectivity index is 2.08. The fourth-order valence-corrected chi connectivity index (χ4v) is 5.33. The summed E-state index contributed by atoms with van der Waals surface area (Å²) in [4.78, 5) is 0.